The van der Waals surface area contributed by atoms with Gasteiger partial charge in [0.25, 0.3) is 0 Å². The highest BCUT2D eigenvalue weighted by Gasteiger charge is 2.41. The zero-order valence-electron chi connectivity index (χ0n) is 12.1. The van der Waals surface area contributed by atoms with Crippen LogP contribution < -0.4 is 5.32 Å². The summed E-state index contributed by atoms with van der Waals surface area (Å²) in [4.78, 5) is 9.08. The van der Waals surface area contributed by atoms with Crippen molar-refractivity contribution in [3.63, 3.8) is 0 Å². The van der Waals surface area contributed by atoms with Gasteiger partial charge in [-0.3, -0.25) is 0 Å². The van der Waals surface area contributed by atoms with E-state index in [1.54, 1.807) is 0 Å². The Morgan fingerprint density at radius 2 is 2.06 bits per heavy atom. The molecule has 1 aromatic heterocycles. The number of hydrogen-bond acceptors (Lipinski definition) is 3. The molecule has 3 nitrogen and oxygen atoms in total. The third-order valence-electron chi connectivity index (χ3n) is 3.77. The molecule has 0 amide bonds. The molecule has 0 unspecified atom stereocenters. The van der Waals surface area contributed by atoms with Crippen molar-refractivity contribution < 1.29 is 0 Å². The maximum Gasteiger partial charge on any atom is 0.133 e. The molecule has 18 heavy (non-hydrogen) atoms. The molecule has 3 heteroatoms. The lowest BCUT2D eigenvalue weighted by atomic mass is 10.0. The first-order chi connectivity index (χ1) is 8.54. The number of nitrogens with zero attached hydrogens (tertiary/aromatic N) is 2. The Kier molecular flexibility index (Phi) is 3.88. The molecular weight excluding hydrogens is 222 g/mol. The summed E-state index contributed by atoms with van der Waals surface area (Å²) in [5.41, 5.74) is 1.61. The number of anilines is 1. The van der Waals surface area contributed by atoms with E-state index in [4.69, 9.17) is 0 Å². The van der Waals surface area contributed by atoms with E-state index in [9.17, 15) is 0 Å². The normalized spacial score (nSPS) is 16.9. The average molecular weight is 247 g/mol. The van der Waals surface area contributed by atoms with Gasteiger partial charge in [0.05, 0.1) is 0 Å². The van der Waals surface area contributed by atoms with Gasteiger partial charge in [-0.05, 0) is 31.6 Å². The first-order valence-electron chi connectivity index (χ1n) is 7.14. The Balaban J connectivity index is 2.01. The fraction of sp³-hybridized carbons (Fsp3) is 0.733. The summed E-state index contributed by atoms with van der Waals surface area (Å²) >= 11 is 0. The topological polar surface area (TPSA) is 37.8 Å². The molecule has 1 aliphatic carbocycles. The second kappa shape index (κ2) is 5.25. The lowest BCUT2D eigenvalue weighted by molar-refractivity contribution is 0.485. The number of rotatable bonds is 6. The maximum atomic E-state index is 4.60. The van der Waals surface area contributed by atoms with E-state index in [0.29, 0.717) is 11.3 Å². The lowest BCUT2D eigenvalue weighted by Crippen LogP contribution is -2.16. The zero-order chi connectivity index (χ0) is 13.2. The minimum atomic E-state index is 0.385. The molecule has 1 aromatic rings. The molecule has 1 N–H and O–H groups in total. The molecule has 0 atom stereocenters. The second-order valence-electron chi connectivity index (χ2n) is 6.01. The SMILES string of the molecule is CCCC1(CNc2cc(C)nc(C(C)C)n2)CC1. The Labute approximate surface area is 110 Å². The molecule has 0 spiro atoms. The highest BCUT2D eigenvalue weighted by molar-refractivity contribution is 5.37. The summed E-state index contributed by atoms with van der Waals surface area (Å²) < 4.78 is 0. The van der Waals surface area contributed by atoms with Crippen LogP contribution >= 0.6 is 0 Å². The monoisotopic (exact) mass is 247 g/mol. The van der Waals surface area contributed by atoms with Crippen LogP contribution in [0.5, 0.6) is 0 Å². The maximum absolute atomic E-state index is 4.60. The van der Waals surface area contributed by atoms with Crippen molar-refractivity contribution >= 4 is 5.82 Å². The molecular formula is C15H25N3. The first kappa shape index (κ1) is 13.3. The molecule has 1 fully saturated rings. The van der Waals surface area contributed by atoms with Crippen LogP contribution in [0.3, 0.4) is 0 Å². The van der Waals surface area contributed by atoms with Crippen molar-refractivity contribution in [2.24, 2.45) is 5.41 Å². The van der Waals surface area contributed by atoms with E-state index < -0.39 is 0 Å². The van der Waals surface area contributed by atoms with Crippen LogP contribution in [0.4, 0.5) is 5.82 Å². The Morgan fingerprint density at radius 1 is 1.33 bits per heavy atom. The summed E-state index contributed by atoms with van der Waals surface area (Å²) in [6.45, 7) is 9.65. The van der Waals surface area contributed by atoms with Crippen LogP contribution in [0.1, 0.15) is 63.9 Å². The predicted octanol–water partition coefficient (Wildman–Crippen LogP) is 3.90. The third kappa shape index (κ3) is 3.21. The zero-order valence-corrected chi connectivity index (χ0v) is 12.1. The van der Waals surface area contributed by atoms with Gasteiger partial charge in [0.2, 0.25) is 0 Å². The fourth-order valence-corrected chi connectivity index (χ4v) is 2.44. The molecule has 0 saturated heterocycles. The Bertz CT molecular complexity index is 408. The van der Waals surface area contributed by atoms with Gasteiger partial charge in [-0.15, -0.1) is 0 Å². The highest BCUT2D eigenvalue weighted by Crippen LogP contribution is 2.49. The molecule has 1 saturated carbocycles. The molecule has 2 rings (SSSR count). The molecule has 0 aliphatic heterocycles. The fourth-order valence-electron chi connectivity index (χ4n) is 2.44. The summed E-state index contributed by atoms with van der Waals surface area (Å²) in [6.07, 6.45) is 5.35. The van der Waals surface area contributed by atoms with E-state index in [1.165, 1.54) is 25.7 Å². The number of aryl methyl sites for hydroxylation is 1. The van der Waals surface area contributed by atoms with E-state index >= 15 is 0 Å². The summed E-state index contributed by atoms with van der Waals surface area (Å²) in [7, 11) is 0. The van der Waals surface area contributed by atoms with Crippen LogP contribution in [0, 0.1) is 12.3 Å². The van der Waals surface area contributed by atoms with E-state index in [1.807, 2.05) is 13.0 Å². The van der Waals surface area contributed by atoms with Crippen LogP contribution in [0.15, 0.2) is 6.07 Å². The number of aromatic nitrogens is 2. The van der Waals surface area contributed by atoms with Crippen LogP contribution in [-0.2, 0) is 0 Å². The van der Waals surface area contributed by atoms with Gasteiger partial charge in [-0.25, -0.2) is 9.97 Å². The number of nitrogens with one attached hydrogen (secondary N) is 1. The van der Waals surface area contributed by atoms with Crippen molar-refractivity contribution in [2.75, 3.05) is 11.9 Å². The second-order valence-corrected chi connectivity index (χ2v) is 6.01. The quantitative estimate of drug-likeness (QED) is 0.828. The van der Waals surface area contributed by atoms with Crippen molar-refractivity contribution in [1.29, 1.82) is 0 Å². The van der Waals surface area contributed by atoms with Crippen molar-refractivity contribution in [3.05, 3.63) is 17.6 Å². The summed E-state index contributed by atoms with van der Waals surface area (Å²) in [5, 5.41) is 3.52. The van der Waals surface area contributed by atoms with Gasteiger partial charge in [-0.2, -0.15) is 0 Å². The first-order valence-corrected chi connectivity index (χ1v) is 7.14. The van der Waals surface area contributed by atoms with Gasteiger partial charge in [-0.1, -0.05) is 27.2 Å². The average Bonchev–Trinajstić information content (AvgIpc) is 3.07. The van der Waals surface area contributed by atoms with E-state index in [-0.39, 0.29) is 0 Å². The van der Waals surface area contributed by atoms with Gasteiger partial charge >= 0.3 is 0 Å². The predicted molar refractivity (Wildman–Crippen MR) is 75.9 cm³/mol. The Hall–Kier alpha value is -1.12. The van der Waals surface area contributed by atoms with Crippen LogP contribution in [0.25, 0.3) is 0 Å². The van der Waals surface area contributed by atoms with Gasteiger partial charge in [0.1, 0.15) is 11.6 Å². The van der Waals surface area contributed by atoms with Crippen molar-refractivity contribution in [1.82, 2.24) is 9.97 Å². The molecule has 1 aliphatic rings. The highest BCUT2D eigenvalue weighted by atomic mass is 15.0. The standard InChI is InChI=1S/C15H25N3/c1-5-6-15(7-8-15)10-16-13-9-12(4)17-14(18-13)11(2)3/h9,11H,5-8,10H2,1-4H3,(H,16,17,18). The molecule has 100 valence electrons. The number of hydrogen-bond donors (Lipinski definition) is 1. The minimum absolute atomic E-state index is 0.385. The molecule has 1 heterocycles. The third-order valence-corrected chi connectivity index (χ3v) is 3.77. The van der Waals surface area contributed by atoms with Crippen molar-refractivity contribution in [3.8, 4) is 0 Å². The molecule has 0 aromatic carbocycles. The van der Waals surface area contributed by atoms with Gasteiger partial charge < -0.3 is 5.32 Å². The lowest BCUT2D eigenvalue weighted by Gasteiger charge is -2.16. The largest absolute Gasteiger partial charge is 0.369 e. The smallest absolute Gasteiger partial charge is 0.133 e. The van der Waals surface area contributed by atoms with E-state index in [2.05, 4.69) is 36.1 Å². The van der Waals surface area contributed by atoms with E-state index in [0.717, 1.165) is 23.9 Å². The van der Waals surface area contributed by atoms with Crippen molar-refractivity contribution in [2.45, 2.75) is 59.3 Å². The van der Waals surface area contributed by atoms with Crippen LogP contribution in [0.2, 0.25) is 0 Å². The summed E-state index contributed by atoms with van der Waals surface area (Å²) in [6, 6.07) is 2.05. The minimum Gasteiger partial charge on any atom is -0.369 e. The van der Waals surface area contributed by atoms with Crippen LogP contribution in [-0.4, -0.2) is 16.5 Å². The van der Waals surface area contributed by atoms with Gasteiger partial charge in [0, 0.05) is 24.2 Å². The summed E-state index contributed by atoms with van der Waals surface area (Å²) in [5.74, 6) is 2.32. The molecule has 0 bridgehead atoms. The molecule has 0 radical (unpaired) electrons. The van der Waals surface area contributed by atoms with Gasteiger partial charge in [0.15, 0.2) is 0 Å². The Morgan fingerprint density at radius 3 is 2.61 bits per heavy atom.